The van der Waals surface area contributed by atoms with Crippen LogP contribution in [0.2, 0.25) is 0 Å². The lowest BCUT2D eigenvalue weighted by Crippen LogP contribution is -2.23. The molecule has 0 bridgehead atoms. The van der Waals surface area contributed by atoms with Crippen LogP contribution < -0.4 is 10.5 Å². The van der Waals surface area contributed by atoms with Gasteiger partial charge in [0.15, 0.2) is 0 Å². The molecule has 20 heavy (non-hydrogen) atoms. The first-order valence-electron chi connectivity index (χ1n) is 7.06. The van der Waals surface area contributed by atoms with Crippen LogP contribution in [0.1, 0.15) is 54.7 Å². The molecule has 2 atom stereocenters. The summed E-state index contributed by atoms with van der Waals surface area (Å²) in [6.45, 7) is 6.72. The van der Waals surface area contributed by atoms with Crippen molar-refractivity contribution < 1.29 is 4.74 Å². The molecule has 106 valence electrons. The van der Waals surface area contributed by atoms with Gasteiger partial charge in [0.05, 0.1) is 0 Å². The molecular formula is C17H21NOS. The summed E-state index contributed by atoms with van der Waals surface area (Å²) in [5.74, 6) is 0.932. The predicted molar refractivity (Wildman–Crippen MR) is 84.4 cm³/mol. The van der Waals surface area contributed by atoms with E-state index >= 15 is 0 Å². The van der Waals surface area contributed by atoms with E-state index in [0.29, 0.717) is 0 Å². The average molecular weight is 287 g/mol. The van der Waals surface area contributed by atoms with E-state index in [-0.39, 0.29) is 17.6 Å². The Hall–Kier alpha value is -1.32. The molecule has 0 saturated carbocycles. The first kappa shape index (κ1) is 13.7. The van der Waals surface area contributed by atoms with Crippen LogP contribution in [-0.2, 0) is 5.41 Å². The van der Waals surface area contributed by atoms with E-state index in [0.717, 1.165) is 17.7 Å². The fourth-order valence-corrected chi connectivity index (χ4v) is 3.66. The summed E-state index contributed by atoms with van der Waals surface area (Å²) in [4.78, 5) is 2.67. The number of thiophene rings is 1. The van der Waals surface area contributed by atoms with Crippen molar-refractivity contribution in [3.63, 3.8) is 0 Å². The van der Waals surface area contributed by atoms with E-state index in [1.165, 1.54) is 9.75 Å². The molecule has 0 radical (unpaired) electrons. The summed E-state index contributed by atoms with van der Waals surface area (Å²) in [5, 5.41) is 0. The highest BCUT2D eigenvalue weighted by molar-refractivity contribution is 7.12. The van der Waals surface area contributed by atoms with Crippen molar-refractivity contribution >= 4 is 11.3 Å². The van der Waals surface area contributed by atoms with Gasteiger partial charge in [0, 0.05) is 27.8 Å². The minimum atomic E-state index is 0.0603. The first-order chi connectivity index (χ1) is 9.45. The summed E-state index contributed by atoms with van der Waals surface area (Å²) >= 11 is 1.84. The first-order valence-corrected chi connectivity index (χ1v) is 7.88. The van der Waals surface area contributed by atoms with Crippen LogP contribution in [0.5, 0.6) is 5.75 Å². The topological polar surface area (TPSA) is 35.2 Å². The van der Waals surface area contributed by atoms with Crippen LogP contribution in [0.15, 0.2) is 36.4 Å². The minimum Gasteiger partial charge on any atom is -0.484 e. The molecule has 1 aliphatic rings. The van der Waals surface area contributed by atoms with E-state index in [9.17, 15) is 0 Å². The van der Waals surface area contributed by atoms with Gasteiger partial charge in [-0.05, 0) is 23.6 Å². The van der Waals surface area contributed by atoms with Crippen LogP contribution in [0.3, 0.4) is 0 Å². The Labute approximate surface area is 124 Å². The lowest BCUT2D eigenvalue weighted by Gasteiger charge is -2.29. The summed E-state index contributed by atoms with van der Waals surface area (Å²) in [6, 6.07) is 12.6. The molecule has 2 unspecified atom stereocenters. The van der Waals surface area contributed by atoms with Gasteiger partial charge in [-0.2, -0.15) is 0 Å². The van der Waals surface area contributed by atoms with Gasteiger partial charge in [-0.1, -0.05) is 39.0 Å². The largest absolute Gasteiger partial charge is 0.484 e. The third-order valence-corrected chi connectivity index (χ3v) is 5.34. The number of hydrogen-bond acceptors (Lipinski definition) is 3. The zero-order valence-electron chi connectivity index (χ0n) is 12.2. The molecule has 2 aromatic rings. The second kappa shape index (κ2) is 4.90. The second-order valence-corrected chi connectivity index (χ2v) is 7.55. The van der Waals surface area contributed by atoms with E-state index in [4.69, 9.17) is 10.5 Å². The Morgan fingerprint density at radius 1 is 1.15 bits per heavy atom. The van der Waals surface area contributed by atoms with E-state index in [1.54, 1.807) is 0 Å². The van der Waals surface area contributed by atoms with Crippen LogP contribution in [0.4, 0.5) is 0 Å². The average Bonchev–Trinajstić information content (AvgIpc) is 2.88. The predicted octanol–water partition coefficient (Wildman–Crippen LogP) is 4.57. The molecule has 0 fully saturated rings. The van der Waals surface area contributed by atoms with Gasteiger partial charge in [0.2, 0.25) is 0 Å². The van der Waals surface area contributed by atoms with Crippen molar-refractivity contribution in [1.82, 2.24) is 0 Å². The Morgan fingerprint density at radius 3 is 2.60 bits per heavy atom. The minimum absolute atomic E-state index is 0.0603. The number of nitrogens with two attached hydrogens (primary N) is 1. The SMILES string of the molecule is CC(C)(C)c1ccc(C2CC(N)c3ccccc3O2)s1. The smallest absolute Gasteiger partial charge is 0.135 e. The fraction of sp³-hybridized carbons (Fsp3) is 0.412. The molecule has 2 nitrogen and oxygen atoms in total. The standard InChI is InChI=1S/C17H21NOS/c1-17(2,3)16-9-8-15(20-16)14-10-12(18)11-6-4-5-7-13(11)19-14/h4-9,12,14H,10,18H2,1-3H3. The zero-order chi connectivity index (χ0) is 14.3. The molecule has 3 heteroatoms. The highest BCUT2D eigenvalue weighted by Crippen LogP contribution is 2.42. The van der Waals surface area contributed by atoms with Gasteiger partial charge in [0.1, 0.15) is 11.9 Å². The van der Waals surface area contributed by atoms with Crippen molar-refractivity contribution in [1.29, 1.82) is 0 Å². The van der Waals surface area contributed by atoms with Crippen LogP contribution >= 0.6 is 11.3 Å². The molecule has 0 saturated heterocycles. The number of hydrogen-bond donors (Lipinski definition) is 1. The molecule has 0 aliphatic carbocycles. The highest BCUT2D eigenvalue weighted by atomic mass is 32.1. The van der Waals surface area contributed by atoms with E-state index in [1.807, 2.05) is 29.5 Å². The maximum atomic E-state index is 6.29. The number of rotatable bonds is 1. The van der Waals surface area contributed by atoms with Gasteiger partial charge in [-0.3, -0.25) is 0 Å². The highest BCUT2D eigenvalue weighted by Gasteiger charge is 2.28. The third kappa shape index (κ3) is 2.48. The molecule has 3 rings (SSSR count). The molecule has 0 amide bonds. The summed E-state index contributed by atoms with van der Waals surface area (Å²) in [6.07, 6.45) is 0.933. The summed E-state index contributed by atoms with van der Waals surface area (Å²) < 4.78 is 6.14. The fourth-order valence-electron chi connectivity index (χ4n) is 2.56. The van der Waals surface area contributed by atoms with Gasteiger partial charge >= 0.3 is 0 Å². The summed E-state index contributed by atoms with van der Waals surface area (Å²) in [7, 11) is 0. The number of para-hydroxylation sites is 1. The van der Waals surface area contributed by atoms with Crippen molar-refractivity contribution in [3.8, 4) is 5.75 Å². The van der Waals surface area contributed by atoms with Gasteiger partial charge in [0.25, 0.3) is 0 Å². The number of ether oxygens (including phenoxy) is 1. The summed E-state index contributed by atoms with van der Waals surface area (Å²) in [5.41, 5.74) is 7.61. The lowest BCUT2D eigenvalue weighted by atomic mass is 9.94. The normalized spacial score (nSPS) is 22.2. The Bertz CT molecular complexity index is 611. The van der Waals surface area contributed by atoms with Crippen LogP contribution in [0.25, 0.3) is 0 Å². The zero-order valence-corrected chi connectivity index (χ0v) is 13.0. The Morgan fingerprint density at radius 2 is 1.90 bits per heavy atom. The Kier molecular flexibility index (Phi) is 3.35. The number of benzene rings is 1. The molecule has 1 aromatic heterocycles. The van der Waals surface area contributed by atoms with E-state index in [2.05, 4.69) is 39.0 Å². The second-order valence-electron chi connectivity index (χ2n) is 6.44. The van der Waals surface area contributed by atoms with Crippen molar-refractivity contribution in [2.75, 3.05) is 0 Å². The van der Waals surface area contributed by atoms with Gasteiger partial charge in [-0.15, -0.1) is 11.3 Å². The van der Waals surface area contributed by atoms with E-state index < -0.39 is 0 Å². The number of fused-ring (bicyclic) bond motifs is 1. The van der Waals surface area contributed by atoms with Crippen LogP contribution in [0, 0.1) is 0 Å². The van der Waals surface area contributed by atoms with Crippen LogP contribution in [-0.4, -0.2) is 0 Å². The maximum Gasteiger partial charge on any atom is 0.135 e. The van der Waals surface area contributed by atoms with Crippen molar-refractivity contribution in [3.05, 3.63) is 51.7 Å². The van der Waals surface area contributed by atoms with Gasteiger partial charge in [-0.25, -0.2) is 0 Å². The van der Waals surface area contributed by atoms with Gasteiger partial charge < -0.3 is 10.5 Å². The molecule has 1 aliphatic heterocycles. The third-order valence-electron chi connectivity index (χ3n) is 3.74. The molecule has 1 aromatic carbocycles. The molecule has 2 heterocycles. The molecule has 2 N–H and O–H groups in total. The molecule has 0 spiro atoms. The quantitative estimate of drug-likeness (QED) is 0.834. The Balaban J connectivity index is 1.88. The van der Waals surface area contributed by atoms with Crippen molar-refractivity contribution in [2.24, 2.45) is 5.73 Å². The van der Waals surface area contributed by atoms with Crippen molar-refractivity contribution in [2.45, 2.75) is 44.8 Å². The monoisotopic (exact) mass is 287 g/mol. The maximum absolute atomic E-state index is 6.29. The molecular weight excluding hydrogens is 266 g/mol. The lowest BCUT2D eigenvalue weighted by molar-refractivity contribution is 0.165.